The average molecular weight is 387 g/mol. The van der Waals surface area contributed by atoms with Gasteiger partial charge in [0.15, 0.2) is 6.10 Å². The number of rotatable bonds is 5. The number of fused-ring (bicyclic) bond motifs is 1. The van der Waals surface area contributed by atoms with Gasteiger partial charge in [0, 0.05) is 20.6 Å². The molecule has 2 N–H and O–H groups in total. The Hall–Kier alpha value is -3.07. The van der Waals surface area contributed by atoms with Gasteiger partial charge in [-0.2, -0.15) is 5.10 Å². The summed E-state index contributed by atoms with van der Waals surface area (Å²) in [5, 5.41) is 17.4. The Kier molecular flexibility index (Phi) is 5.84. The van der Waals surface area contributed by atoms with Crippen molar-refractivity contribution >= 4 is 11.9 Å². The number of nitrogens with one attached hydrogen (secondary N) is 1. The van der Waals surface area contributed by atoms with Crippen LogP contribution in [0.3, 0.4) is 0 Å². The summed E-state index contributed by atoms with van der Waals surface area (Å²) in [5.41, 5.74) is 2.09. The Morgan fingerprint density at radius 3 is 2.64 bits per heavy atom. The average Bonchev–Trinajstić information content (AvgIpc) is 3.12. The van der Waals surface area contributed by atoms with E-state index in [0.717, 1.165) is 5.69 Å². The molecule has 28 heavy (non-hydrogen) atoms. The van der Waals surface area contributed by atoms with Crippen LogP contribution in [-0.4, -0.2) is 64.4 Å². The molecule has 0 spiro atoms. The van der Waals surface area contributed by atoms with Crippen LogP contribution >= 0.6 is 0 Å². The van der Waals surface area contributed by atoms with E-state index in [2.05, 4.69) is 10.4 Å². The lowest BCUT2D eigenvalue weighted by molar-refractivity contribution is -0.129. The van der Waals surface area contributed by atoms with Crippen molar-refractivity contribution in [3.63, 3.8) is 0 Å². The number of methoxy groups -OCH3 is 1. The maximum absolute atomic E-state index is 12.2. The fraction of sp³-hybridized carbons (Fsp3) is 0.421. The Morgan fingerprint density at radius 2 is 2.00 bits per heavy atom. The van der Waals surface area contributed by atoms with Gasteiger partial charge in [-0.25, -0.2) is 4.79 Å². The van der Waals surface area contributed by atoms with Gasteiger partial charge in [-0.1, -0.05) is 12.1 Å². The summed E-state index contributed by atoms with van der Waals surface area (Å²) in [6.45, 7) is 1.88. The second-order valence-electron chi connectivity index (χ2n) is 6.84. The number of aliphatic hydroxyl groups is 1. The molecule has 1 atom stereocenters. The van der Waals surface area contributed by atoms with Crippen molar-refractivity contribution in [2.75, 3.05) is 27.7 Å². The van der Waals surface area contributed by atoms with E-state index >= 15 is 0 Å². The minimum absolute atomic E-state index is 0.0371. The molecule has 1 aliphatic rings. The van der Waals surface area contributed by atoms with Gasteiger partial charge >= 0.3 is 6.03 Å². The van der Waals surface area contributed by atoms with Gasteiger partial charge in [-0.05, 0) is 23.8 Å². The summed E-state index contributed by atoms with van der Waals surface area (Å²) in [6, 6.07) is 8.51. The van der Waals surface area contributed by atoms with Gasteiger partial charge in [0.05, 0.1) is 38.1 Å². The lowest BCUT2D eigenvalue weighted by atomic mass is 10.1. The molecule has 0 unspecified atom stereocenters. The van der Waals surface area contributed by atoms with Crippen LogP contribution < -0.4 is 10.1 Å². The molecule has 3 rings (SSSR count). The highest BCUT2D eigenvalue weighted by molar-refractivity contribution is 5.81. The molecular formula is C19H25N5O4. The quantitative estimate of drug-likeness (QED) is 0.788. The molecule has 0 bridgehead atoms. The third-order valence-electron chi connectivity index (χ3n) is 4.63. The van der Waals surface area contributed by atoms with Crippen LogP contribution in [0.2, 0.25) is 0 Å². The molecule has 2 aromatic rings. The standard InChI is InChI=1S/C19H25N5O4/c1-22(2)19(27)23-8-9-24-15(12-23)10-14(21-24)11-20-18(26)17(25)13-4-6-16(28-3)7-5-13/h4-7,10,17,25H,8-9,11-12H2,1-3H3,(H,20,26)/t17-/m1/s1. The fourth-order valence-corrected chi connectivity index (χ4v) is 3.07. The summed E-state index contributed by atoms with van der Waals surface area (Å²) >= 11 is 0. The largest absolute Gasteiger partial charge is 0.497 e. The number of hydrogen-bond donors (Lipinski definition) is 2. The van der Waals surface area contributed by atoms with Crippen LogP contribution in [0.5, 0.6) is 5.75 Å². The third-order valence-corrected chi connectivity index (χ3v) is 4.63. The molecule has 9 heteroatoms. The number of aromatic nitrogens is 2. The van der Waals surface area contributed by atoms with E-state index in [4.69, 9.17) is 4.74 Å². The predicted molar refractivity (Wildman–Crippen MR) is 102 cm³/mol. The highest BCUT2D eigenvalue weighted by Gasteiger charge is 2.24. The first-order valence-electron chi connectivity index (χ1n) is 9.00. The van der Waals surface area contributed by atoms with Crippen LogP contribution in [0.4, 0.5) is 4.79 Å². The second-order valence-corrected chi connectivity index (χ2v) is 6.84. The molecule has 2 heterocycles. The number of carbonyl (C=O) groups is 2. The molecule has 9 nitrogen and oxygen atoms in total. The van der Waals surface area contributed by atoms with Gasteiger partial charge in [0.1, 0.15) is 5.75 Å². The molecule has 0 saturated carbocycles. The molecule has 0 aliphatic carbocycles. The van der Waals surface area contributed by atoms with Crippen LogP contribution in [0.25, 0.3) is 0 Å². The Labute approximate surface area is 163 Å². The van der Waals surface area contributed by atoms with E-state index in [0.29, 0.717) is 36.6 Å². The second kappa shape index (κ2) is 8.30. The van der Waals surface area contributed by atoms with Crippen molar-refractivity contribution < 1.29 is 19.4 Å². The third kappa shape index (κ3) is 4.25. The summed E-state index contributed by atoms with van der Waals surface area (Å²) in [6.07, 6.45) is -1.27. The molecule has 1 aliphatic heterocycles. The van der Waals surface area contributed by atoms with Crippen LogP contribution in [0, 0.1) is 0 Å². The highest BCUT2D eigenvalue weighted by atomic mass is 16.5. The minimum Gasteiger partial charge on any atom is -0.497 e. The zero-order valence-corrected chi connectivity index (χ0v) is 16.3. The molecule has 0 fully saturated rings. The van der Waals surface area contributed by atoms with Gasteiger partial charge in [-0.15, -0.1) is 0 Å². The molecule has 0 saturated heterocycles. The monoisotopic (exact) mass is 387 g/mol. The smallest absolute Gasteiger partial charge is 0.319 e. The number of benzene rings is 1. The number of hydrogen-bond acceptors (Lipinski definition) is 5. The lowest BCUT2D eigenvalue weighted by Crippen LogP contribution is -2.43. The van der Waals surface area contributed by atoms with E-state index in [1.165, 1.54) is 0 Å². The van der Waals surface area contributed by atoms with Gasteiger partial charge < -0.3 is 25.0 Å². The fourth-order valence-electron chi connectivity index (χ4n) is 3.07. The number of amides is 3. The van der Waals surface area contributed by atoms with Crippen molar-refractivity contribution in [2.24, 2.45) is 0 Å². The number of urea groups is 1. The topological polar surface area (TPSA) is 99.9 Å². The molecule has 150 valence electrons. The Balaban J connectivity index is 1.58. The molecule has 1 aromatic carbocycles. The van der Waals surface area contributed by atoms with Gasteiger partial charge in [-0.3, -0.25) is 9.48 Å². The SMILES string of the molecule is COc1ccc([C@@H](O)C(=O)NCc2cc3n(n2)CCN(C(=O)N(C)C)C3)cc1. The first-order chi connectivity index (χ1) is 13.4. The zero-order chi connectivity index (χ0) is 20.3. The predicted octanol–water partition coefficient (Wildman–Crippen LogP) is 0.739. The van der Waals surface area contributed by atoms with E-state index in [1.54, 1.807) is 55.3 Å². The normalized spacial score (nSPS) is 14.2. The number of nitrogens with zero attached hydrogens (tertiary/aromatic N) is 4. The van der Waals surface area contributed by atoms with Crippen molar-refractivity contribution in [3.05, 3.63) is 47.3 Å². The van der Waals surface area contributed by atoms with E-state index in [9.17, 15) is 14.7 Å². The van der Waals surface area contributed by atoms with Gasteiger partial charge in [0.2, 0.25) is 0 Å². The van der Waals surface area contributed by atoms with E-state index in [1.807, 2.05) is 10.7 Å². The van der Waals surface area contributed by atoms with Crippen molar-refractivity contribution in [1.82, 2.24) is 24.9 Å². The number of aliphatic hydroxyl groups excluding tert-OH is 1. The van der Waals surface area contributed by atoms with E-state index in [-0.39, 0.29) is 12.6 Å². The summed E-state index contributed by atoms with van der Waals surface area (Å²) in [7, 11) is 5.00. The van der Waals surface area contributed by atoms with Crippen molar-refractivity contribution in [1.29, 1.82) is 0 Å². The zero-order valence-electron chi connectivity index (χ0n) is 16.3. The van der Waals surface area contributed by atoms with E-state index < -0.39 is 12.0 Å². The van der Waals surface area contributed by atoms with Crippen LogP contribution in [0.1, 0.15) is 23.1 Å². The van der Waals surface area contributed by atoms with Crippen molar-refractivity contribution in [3.8, 4) is 5.75 Å². The Morgan fingerprint density at radius 1 is 1.29 bits per heavy atom. The van der Waals surface area contributed by atoms with Crippen LogP contribution in [0.15, 0.2) is 30.3 Å². The first kappa shape index (κ1) is 19.7. The minimum atomic E-state index is -1.27. The summed E-state index contributed by atoms with van der Waals surface area (Å²) in [4.78, 5) is 27.7. The first-order valence-corrected chi connectivity index (χ1v) is 9.00. The maximum Gasteiger partial charge on any atom is 0.319 e. The Bertz CT molecular complexity index is 847. The van der Waals surface area contributed by atoms with Crippen LogP contribution in [-0.2, 0) is 24.4 Å². The van der Waals surface area contributed by atoms with Gasteiger partial charge in [0.25, 0.3) is 5.91 Å². The summed E-state index contributed by atoms with van der Waals surface area (Å²) in [5.74, 6) is 0.155. The lowest BCUT2D eigenvalue weighted by Gasteiger charge is -2.29. The maximum atomic E-state index is 12.2. The molecular weight excluding hydrogens is 362 g/mol. The number of carbonyl (C=O) groups excluding carboxylic acids is 2. The number of ether oxygens (including phenoxy) is 1. The molecule has 3 amide bonds. The summed E-state index contributed by atoms with van der Waals surface area (Å²) < 4.78 is 6.92. The molecule has 0 radical (unpaired) electrons. The highest BCUT2D eigenvalue weighted by Crippen LogP contribution is 2.18. The van der Waals surface area contributed by atoms with Crippen molar-refractivity contribution in [2.45, 2.75) is 25.7 Å². The molecule has 1 aromatic heterocycles.